The largest absolute Gasteiger partial charge is 0.384 e. The van der Waals surface area contributed by atoms with Crippen molar-refractivity contribution in [3.05, 3.63) is 29.3 Å². The summed E-state index contributed by atoms with van der Waals surface area (Å²) in [4.78, 5) is 0. The highest BCUT2D eigenvalue weighted by atomic mass is 32.2. The van der Waals surface area contributed by atoms with E-state index in [4.69, 9.17) is 5.11 Å². The molecule has 0 amide bonds. The molecule has 0 aliphatic carbocycles. The van der Waals surface area contributed by atoms with Gasteiger partial charge in [-0.3, -0.25) is 4.72 Å². The molecule has 0 aromatic heterocycles. The third kappa shape index (κ3) is 4.23. The minimum atomic E-state index is -3.62. The maximum absolute atomic E-state index is 12.2. The molecule has 1 rings (SSSR count). The first-order valence-electron chi connectivity index (χ1n) is 6.24. The number of benzene rings is 1. The predicted molar refractivity (Wildman–Crippen MR) is 80.6 cm³/mol. The number of aliphatic hydroxyl groups excluding tert-OH is 1. The third-order valence-electron chi connectivity index (χ3n) is 2.82. The summed E-state index contributed by atoms with van der Waals surface area (Å²) in [6, 6.07) is 5.10. The lowest BCUT2D eigenvalue weighted by atomic mass is 10.1. The molecule has 1 aromatic carbocycles. The Bertz CT molecular complexity index is 628. The highest BCUT2D eigenvalue weighted by Crippen LogP contribution is 2.19. The summed E-state index contributed by atoms with van der Waals surface area (Å²) in [5, 5.41) is 8.76. The number of aryl methyl sites for hydroxylation is 1. The first-order valence-corrected chi connectivity index (χ1v) is 7.68. The molecule has 0 spiro atoms. The van der Waals surface area contributed by atoms with Gasteiger partial charge in [0, 0.05) is 18.7 Å². The molecule has 1 aromatic rings. The van der Waals surface area contributed by atoms with Crippen molar-refractivity contribution in [1.82, 2.24) is 4.31 Å². The second kappa shape index (κ2) is 6.75. The van der Waals surface area contributed by atoms with Gasteiger partial charge in [0.25, 0.3) is 0 Å². The van der Waals surface area contributed by atoms with Crippen molar-refractivity contribution in [3.63, 3.8) is 0 Å². The molecule has 0 saturated heterocycles. The van der Waals surface area contributed by atoms with Gasteiger partial charge in [0.1, 0.15) is 6.61 Å². The Labute approximate surface area is 120 Å². The van der Waals surface area contributed by atoms with Gasteiger partial charge in [-0.05, 0) is 38.5 Å². The Balaban J connectivity index is 3.15. The monoisotopic (exact) mass is 296 g/mol. The van der Waals surface area contributed by atoms with Crippen LogP contribution in [-0.4, -0.2) is 37.5 Å². The molecule has 0 aliphatic heterocycles. The second-order valence-electron chi connectivity index (χ2n) is 4.73. The van der Waals surface area contributed by atoms with Crippen molar-refractivity contribution in [3.8, 4) is 11.8 Å². The molecule has 0 aliphatic rings. The quantitative estimate of drug-likeness (QED) is 0.824. The standard InChI is InChI=1S/C14H20N2O3S/c1-11(2)16(4)20(18,19)15-14-8-7-12(3)10-13(14)6-5-9-17/h7-8,10-11,15,17H,9H2,1-4H3. The summed E-state index contributed by atoms with van der Waals surface area (Å²) in [6.45, 7) is 5.20. The van der Waals surface area contributed by atoms with Crippen molar-refractivity contribution in [1.29, 1.82) is 0 Å². The Morgan fingerprint density at radius 2 is 2.05 bits per heavy atom. The fourth-order valence-corrected chi connectivity index (χ4v) is 2.63. The van der Waals surface area contributed by atoms with E-state index in [1.807, 2.05) is 6.92 Å². The zero-order chi connectivity index (χ0) is 15.3. The normalized spacial score (nSPS) is 11.3. The van der Waals surface area contributed by atoms with Crippen LogP contribution in [0.5, 0.6) is 0 Å². The van der Waals surface area contributed by atoms with Crippen LogP contribution >= 0.6 is 0 Å². The molecular formula is C14H20N2O3S. The number of nitrogens with one attached hydrogen (secondary N) is 1. The van der Waals surface area contributed by atoms with E-state index in [0.29, 0.717) is 11.3 Å². The van der Waals surface area contributed by atoms with Crippen LogP contribution in [0, 0.1) is 18.8 Å². The molecule has 20 heavy (non-hydrogen) atoms. The molecule has 0 saturated carbocycles. The van der Waals surface area contributed by atoms with E-state index in [0.717, 1.165) is 5.56 Å². The van der Waals surface area contributed by atoms with Crippen LogP contribution in [0.2, 0.25) is 0 Å². The van der Waals surface area contributed by atoms with Gasteiger partial charge in [-0.25, -0.2) is 0 Å². The van der Waals surface area contributed by atoms with Gasteiger partial charge >= 0.3 is 10.2 Å². The lowest BCUT2D eigenvalue weighted by Crippen LogP contribution is -2.37. The summed E-state index contributed by atoms with van der Waals surface area (Å²) in [7, 11) is -2.11. The van der Waals surface area contributed by atoms with Crippen LogP contribution in [0.15, 0.2) is 18.2 Å². The van der Waals surface area contributed by atoms with Crippen molar-refractivity contribution < 1.29 is 13.5 Å². The molecule has 0 unspecified atom stereocenters. The van der Waals surface area contributed by atoms with E-state index in [1.165, 1.54) is 11.4 Å². The Morgan fingerprint density at radius 3 is 2.60 bits per heavy atom. The lowest BCUT2D eigenvalue weighted by molar-refractivity contribution is 0.350. The molecule has 0 radical (unpaired) electrons. The van der Waals surface area contributed by atoms with Crippen molar-refractivity contribution >= 4 is 15.9 Å². The molecule has 5 nitrogen and oxygen atoms in total. The highest BCUT2D eigenvalue weighted by Gasteiger charge is 2.21. The van der Waals surface area contributed by atoms with Crippen LogP contribution in [0.1, 0.15) is 25.0 Å². The van der Waals surface area contributed by atoms with Gasteiger partial charge < -0.3 is 5.11 Å². The average molecular weight is 296 g/mol. The number of rotatable bonds is 4. The topological polar surface area (TPSA) is 69.6 Å². The van der Waals surface area contributed by atoms with Crippen molar-refractivity contribution in [2.75, 3.05) is 18.4 Å². The average Bonchev–Trinajstić information content (AvgIpc) is 2.37. The summed E-state index contributed by atoms with van der Waals surface area (Å²) in [6.07, 6.45) is 0. The first kappa shape index (κ1) is 16.5. The maximum Gasteiger partial charge on any atom is 0.301 e. The zero-order valence-electron chi connectivity index (χ0n) is 12.1. The van der Waals surface area contributed by atoms with Crippen LogP contribution in [0.3, 0.4) is 0 Å². The molecule has 0 atom stereocenters. The Morgan fingerprint density at radius 1 is 1.40 bits per heavy atom. The zero-order valence-corrected chi connectivity index (χ0v) is 13.0. The van der Waals surface area contributed by atoms with Crippen LogP contribution < -0.4 is 4.72 Å². The van der Waals surface area contributed by atoms with Crippen LogP contribution in [-0.2, 0) is 10.2 Å². The third-order valence-corrected chi connectivity index (χ3v) is 4.48. The van der Waals surface area contributed by atoms with E-state index in [-0.39, 0.29) is 12.6 Å². The lowest BCUT2D eigenvalue weighted by Gasteiger charge is -2.22. The fraction of sp³-hybridized carbons (Fsp3) is 0.429. The fourth-order valence-electron chi connectivity index (χ4n) is 1.47. The molecule has 110 valence electrons. The van der Waals surface area contributed by atoms with E-state index in [9.17, 15) is 8.42 Å². The Hall–Kier alpha value is -1.55. The van der Waals surface area contributed by atoms with Gasteiger partial charge in [0.2, 0.25) is 0 Å². The molecular weight excluding hydrogens is 276 g/mol. The summed E-state index contributed by atoms with van der Waals surface area (Å²) < 4.78 is 28.1. The van der Waals surface area contributed by atoms with Gasteiger partial charge in [-0.15, -0.1) is 0 Å². The van der Waals surface area contributed by atoms with Crippen LogP contribution in [0.4, 0.5) is 5.69 Å². The van der Waals surface area contributed by atoms with Crippen molar-refractivity contribution in [2.24, 2.45) is 0 Å². The van der Waals surface area contributed by atoms with Gasteiger partial charge in [-0.1, -0.05) is 17.9 Å². The SMILES string of the molecule is Cc1ccc(NS(=O)(=O)N(C)C(C)C)c(C#CCO)c1. The number of hydrogen-bond donors (Lipinski definition) is 2. The van der Waals surface area contributed by atoms with Gasteiger partial charge in [0.05, 0.1) is 5.69 Å². The predicted octanol–water partition coefficient (Wildman–Crippen LogP) is 1.34. The number of hydrogen-bond acceptors (Lipinski definition) is 3. The summed E-state index contributed by atoms with van der Waals surface area (Å²) in [5.74, 6) is 5.28. The minimum Gasteiger partial charge on any atom is -0.384 e. The first-order chi connectivity index (χ1) is 9.27. The number of aliphatic hydroxyl groups is 1. The second-order valence-corrected chi connectivity index (χ2v) is 6.46. The van der Waals surface area contributed by atoms with E-state index in [1.54, 1.807) is 32.0 Å². The number of nitrogens with zero attached hydrogens (tertiary/aromatic N) is 1. The van der Waals surface area contributed by atoms with Crippen LogP contribution in [0.25, 0.3) is 0 Å². The summed E-state index contributed by atoms with van der Waals surface area (Å²) in [5.41, 5.74) is 1.91. The summed E-state index contributed by atoms with van der Waals surface area (Å²) >= 11 is 0. The Kier molecular flexibility index (Phi) is 5.57. The number of anilines is 1. The maximum atomic E-state index is 12.2. The molecule has 2 N–H and O–H groups in total. The smallest absolute Gasteiger partial charge is 0.301 e. The molecule has 0 bridgehead atoms. The van der Waals surface area contributed by atoms with Crippen molar-refractivity contribution in [2.45, 2.75) is 26.8 Å². The van der Waals surface area contributed by atoms with Gasteiger partial charge in [-0.2, -0.15) is 12.7 Å². The highest BCUT2D eigenvalue weighted by molar-refractivity contribution is 7.90. The van der Waals surface area contributed by atoms with Gasteiger partial charge in [0.15, 0.2) is 0 Å². The van der Waals surface area contributed by atoms with E-state index >= 15 is 0 Å². The molecule has 6 heteroatoms. The minimum absolute atomic E-state index is 0.148. The van der Waals surface area contributed by atoms with E-state index < -0.39 is 10.2 Å². The van der Waals surface area contributed by atoms with E-state index in [2.05, 4.69) is 16.6 Å². The molecule has 0 heterocycles. The molecule has 0 fully saturated rings.